The molecule has 1 heterocycles. The number of hydrogen-bond donors (Lipinski definition) is 1. The molecule has 0 saturated heterocycles. The topological polar surface area (TPSA) is 50.2 Å². The van der Waals surface area contributed by atoms with E-state index in [1.807, 2.05) is 11.6 Å². The Kier molecular flexibility index (Phi) is 4.75. The van der Waals surface area contributed by atoms with Crippen molar-refractivity contribution in [3.05, 3.63) is 16.6 Å². The average molecular weight is 267 g/mol. The summed E-state index contributed by atoms with van der Waals surface area (Å²) in [5, 5.41) is 12.4. The molecule has 1 N–H and O–H groups in total. The van der Waals surface area contributed by atoms with E-state index >= 15 is 0 Å². The van der Waals surface area contributed by atoms with E-state index in [-0.39, 0.29) is 11.8 Å². The number of thiazole rings is 1. The van der Waals surface area contributed by atoms with Gasteiger partial charge in [-0.3, -0.25) is 4.79 Å². The first-order valence-electron chi connectivity index (χ1n) is 6.81. The fourth-order valence-electron chi connectivity index (χ4n) is 3.16. The largest absolute Gasteiger partial charge is 0.481 e. The monoisotopic (exact) mass is 267 g/mol. The van der Waals surface area contributed by atoms with E-state index in [0.29, 0.717) is 0 Å². The third kappa shape index (κ3) is 3.31. The minimum atomic E-state index is -0.619. The Labute approximate surface area is 112 Å². The molecule has 1 aromatic heterocycles. The Morgan fingerprint density at radius 3 is 3.00 bits per heavy atom. The summed E-state index contributed by atoms with van der Waals surface area (Å²) < 4.78 is 0. The minimum absolute atomic E-state index is 0.165. The summed E-state index contributed by atoms with van der Waals surface area (Å²) in [4.78, 5) is 15.6. The van der Waals surface area contributed by atoms with Crippen molar-refractivity contribution in [2.75, 3.05) is 0 Å². The zero-order valence-corrected chi connectivity index (χ0v) is 11.7. The summed E-state index contributed by atoms with van der Waals surface area (Å²) in [7, 11) is 0. The smallest absolute Gasteiger partial charge is 0.306 e. The molecule has 0 spiro atoms. The maximum Gasteiger partial charge on any atom is 0.306 e. The summed E-state index contributed by atoms with van der Waals surface area (Å²) in [5.74, 6) is 0.211. The van der Waals surface area contributed by atoms with Crippen LogP contribution in [0.15, 0.2) is 11.6 Å². The number of rotatable bonds is 5. The maximum atomic E-state index is 11.3. The second kappa shape index (κ2) is 6.32. The molecule has 2 rings (SSSR count). The van der Waals surface area contributed by atoms with Crippen molar-refractivity contribution < 1.29 is 9.90 Å². The van der Waals surface area contributed by atoms with Crippen molar-refractivity contribution in [1.82, 2.24) is 4.98 Å². The van der Waals surface area contributed by atoms with E-state index in [4.69, 9.17) is 0 Å². The Morgan fingerprint density at radius 2 is 2.39 bits per heavy atom. The van der Waals surface area contributed by atoms with Gasteiger partial charge in [-0.1, -0.05) is 19.8 Å². The van der Waals surface area contributed by atoms with Gasteiger partial charge in [0.15, 0.2) is 0 Å². The second-order valence-electron chi connectivity index (χ2n) is 5.30. The van der Waals surface area contributed by atoms with Crippen molar-refractivity contribution in [2.45, 2.75) is 45.4 Å². The molecule has 0 amide bonds. The molecule has 1 aromatic rings. The molecule has 3 atom stereocenters. The van der Waals surface area contributed by atoms with Crippen LogP contribution in [-0.2, 0) is 11.2 Å². The molecule has 0 aromatic carbocycles. The SMILES string of the molecule is CCCC1CCC(C(=O)O)C(Cc2nccs2)C1. The molecular weight excluding hydrogens is 246 g/mol. The third-order valence-corrected chi connectivity index (χ3v) is 4.83. The van der Waals surface area contributed by atoms with E-state index in [9.17, 15) is 9.90 Å². The molecule has 1 fully saturated rings. The molecule has 1 aliphatic rings. The standard InChI is InChI=1S/C14H21NO2S/c1-2-3-10-4-5-12(14(16)17)11(8-10)9-13-15-6-7-18-13/h6-7,10-12H,2-5,8-9H2,1H3,(H,16,17). The zero-order valence-electron chi connectivity index (χ0n) is 10.8. The molecule has 3 unspecified atom stereocenters. The van der Waals surface area contributed by atoms with Crippen LogP contribution in [0.25, 0.3) is 0 Å². The predicted octanol–water partition coefficient (Wildman–Crippen LogP) is 3.60. The van der Waals surface area contributed by atoms with Crippen LogP contribution >= 0.6 is 11.3 Å². The molecule has 4 heteroatoms. The molecule has 0 radical (unpaired) electrons. The van der Waals surface area contributed by atoms with Gasteiger partial charge in [-0.2, -0.15) is 0 Å². The maximum absolute atomic E-state index is 11.3. The van der Waals surface area contributed by atoms with Crippen molar-refractivity contribution in [3.8, 4) is 0 Å². The van der Waals surface area contributed by atoms with E-state index in [1.165, 1.54) is 12.8 Å². The van der Waals surface area contributed by atoms with Crippen molar-refractivity contribution in [1.29, 1.82) is 0 Å². The van der Waals surface area contributed by atoms with Crippen LogP contribution in [0.5, 0.6) is 0 Å². The molecule has 1 aliphatic carbocycles. The van der Waals surface area contributed by atoms with Gasteiger partial charge >= 0.3 is 5.97 Å². The minimum Gasteiger partial charge on any atom is -0.481 e. The number of aromatic nitrogens is 1. The highest BCUT2D eigenvalue weighted by Gasteiger charge is 2.34. The fourth-order valence-corrected chi connectivity index (χ4v) is 3.87. The molecule has 18 heavy (non-hydrogen) atoms. The van der Waals surface area contributed by atoms with Gasteiger partial charge in [0, 0.05) is 18.0 Å². The van der Waals surface area contributed by atoms with Gasteiger partial charge in [-0.15, -0.1) is 11.3 Å². The van der Waals surface area contributed by atoms with Gasteiger partial charge < -0.3 is 5.11 Å². The highest BCUT2D eigenvalue weighted by Crippen LogP contribution is 2.38. The van der Waals surface area contributed by atoms with Crippen molar-refractivity contribution in [3.63, 3.8) is 0 Å². The number of carboxylic acids is 1. The first-order chi connectivity index (χ1) is 8.70. The quantitative estimate of drug-likeness (QED) is 0.886. The summed E-state index contributed by atoms with van der Waals surface area (Å²) in [5.41, 5.74) is 0. The van der Waals surface area contributed by atoms with Gasteiger partial charge in [-0.25, -0.2) is 4.98 Å². The average Bonchev–Trinajstić information content (AvgIpc) is 2.82. The molecule has 100 valence electrons. The normalized spacial score (nSPS) is 28.2. The van der Waals surface area contributed by atoms with Gasteiger partial charge in [-0.05, 0) is 31.1 Å². The van der Waals surface area contributed by atoms with Crippen LogP contribution in [-0.4, -0.2) is 16.1 Å². The third-order valence-electron chi connectivity index (χ3n) is 4.03. The first-order valence-corrected chi connectivity index (χ1v) is 7.69. The lowest BCUT2D eigenvalue weighted by Gasteiger charge is -2.33. The van der Waals surface area contributed by atoms with Crippen molar-refractivity contribution >= 4 is 17.3 Å². The van der Waals surface area contributed by atoms with E-state index in [0.717, 1.165) is 36.6 Å². The molecule has 0 bridgehead atoms. The number of nitrogens with zero attached hydrogens (tertiary/aromatic N) is 1. The zero-order chi connectivity index (χ0) is 13.0. The summed E-state index contributed by atoms with van der Waals surface area (Å²) in [6.45, 7) is 2.21. The fraction of sp³-hybridized carbons (Fsp3) is 0.714. The Morgan fingerprint density at radius 1 is 1.56 bits per heavy atom. The highest BCUT2D eigenvalue weighted by molar-refractivity contribution is 7.09. The Bertz CT molecular complexity index is 377. The lowest BCUT2D eigenvalue weighted by atomic mass is 9.71. The lowest BCUT2D eigenvalue weighted by molar-refractivity contribution is -0.145. The van der Waals surface area contributed by atoms with Gasteiger partial charge in [0.05, 0.1) is 10.9 Å². The van der Waals surface area contributed by atoms with E-state index < -0.39 is 5.97 Å². The van der Waals surface area contributed by atoms with Crippen LogP contribution in [0.2, 0.25) is 0 Å². The van der Waals surface area contributed by atoms with Crippen LogP contribution in [0.1, 0.15) is 44.0 Å². The van der Waals surface area contributed by atoms with Crippen molar-refractivity contribution in [2.24, 2.45) is 17.8 Å². The molecule has 1 saturated carbocycles. The van der Waals surface area contributed by atoms with Crippen LogP contribution < -0.4 is 0 Å². The number of carbonyl (C=O) groups is 1. The van der Waals surface area contributed by atoms with Crippen LogP contribution in [0.3, 0.4) is 0 Å². The number of aliphatic carboxylic acids is 1. The Balaban J connectivity index is 2.02. The molecule has 3 nitrogen and oxygen atoms in total. The molecular formula is C14H21NO2S. The summed E-state index contributed by atoms with van der Waals surface area (Å²) >= 11 is 1.64. The predicted molar refractivity (Wildman–Crippen MR) is 72.7 cm³/mol. The van der Waals surface area contributed by atoms with Crippen LogP contribution in [0.4, 0.5) is 0 Å². The molecule has 0 aliphatic heterocycles. The number of hydrogen-bond acceptors (Lipinski definition) is 3. The number of carboxylic acid groups (broad SMARTS) is 1. The first kappa shape index (κ1) is 13.5. The van der Waals surface area contributed by atoms with Gasteiger partial charge in [0.2, 0.25) is 0 Å². The van der Waals surface area contributed by atoms with E-state index in [1.54, 1.807) is 11.3 Å². The van der Waals surface area contributed by atoms with Gasteiger partial charge in [0.25, 0.3) is 0 Å². The lowest BCUT2D eigenvalue weighted by Crippen LogP contribution is -2.32. The van der Waals surface area contributed by atoms with E-state index in [2.05, 4.69) is 11.9 Å². The second-order valence-corrected chi connectivity index (χ2v) is 6.28. The van der Waals surface area contributed by atoms with Crippen LogP contribution in [0, 0.1) is 17.8 Å². The summed E-state index contributed by atoms with van der Waals surface area (Å²) in [6.07, 6.45) is 8.07. The van der Waals surface area contributed by atoms with Gasteiger partial charge in [0.1, 0.15) is 0 Å². The summed E-state index contributed by atoms with van der Waals surface area (Å²) in [6, 6.07) is 0. The highest BCUT2D eigenvalue weighted by atomic mass is 32.1. The Hall–Kier alpha value is -0.900.